The summed E-state index contributed by atoms with van der Waals surface area (Å²) in [7, 11) is 1.35. The molecule has 2 rings (SSSR count). The quantitative estimate of drug-likeness (QED) is 0.243. The molecular weight excluding hydrogens is 549 g/mol. The second-order valence-electron chi connectivity index (χ2n) is 9.11. The highest BCUT2D eigenvalue weighted by molar-refractivity contribution is 5.98. The number of nitrogens with zero attached hydrogens (tertiary/aromatic N) is 1. The summed E-state index contributed by atoms with van der Waals surface area (Å²) >= 11 is 0. The monoisotopic (exact) mass is 584 g/mol. The van der Waals surface area contributed by atoms with E-state index in [1.165, 1.54) is 45.4 Å². The lowest BCUT2D eigenvalue weighted by molar-refractivity contribution is -0.156. The Hall–Kier alpha value is -4.03. The van der Waals surface area contributed by atoms with Crippen molar-refractivity contribution < 1.29 is 51.2 Å². The first kappa shape index (κ1) is 33.2. The van der Waals surface area contributed by atoms with Crippen LogP contribution in [-0.2, 0) is 25.2 Å². The van der Waals surface area contributed by atoms with Gasteiger partial charge in [-0.1, -0.05) is 13.8 Å². The van der Waals surface area contributed by atoms with Gasteiger partial charge in [-0.2, -0.15) is 13.2 Å². The van der Waals surface area contributed by atoms with Gasteiger partial charge in [-0.05, 0) is 56.9 Å². The van der Waals surface area contributed by atoms with E-state index >= 15 is 0 Å². The van der Waals surface area contributed by atoms with Gasteiger partial charge in [-0.25, -0.2) is 9.78 Å². The van der Waals surface area contributed by atoms with Gasteiger partial charge in [0.05, 0.1) is 12.7 Å². The third-order valence-electron chi connectivity index (χ3n) is 6.20. The van der Waals surface area contributed by atoms with Crippen LogP contribution in [0.4, 0.5) is 13.2 Å². The van der Waals surface area contributed by atoms with E-state index in [2.05, 4.69) is 10.3 Å². The maximum Gasteiger partial charge on any atom is 0.416 e. The molecule has 0 radical (unpaired) electrons. The van der Waals surface area contributed by atoms with Crippen LogP contribution in [0.5, 0.6) is 17.2 Å². The summed E-state index contributed by atoms with van der Waals surface area (Å²) in [5, 5.41) is 2.49. The summed E-state index contributed by atoms with van der Waals surface area (Å²) in [6, 6.07) is 4.59. The minimum Gasteiger partial charge on any atom is -0.493 e. The van der Waals surface area contributed by atoms with Crippen LogP contribution in [0.1, 0.15) is 63.5 Å². The highest BCUT2D eigenvalue weighted by Crippen LogP contribution is 2.32. The fourth-order valence-corrected chi connectivity index (χ4v) is 3.95. The molecule has 0 aliphatic rings. The Kier molecular flexibility index (Phi) is 12.2. The summed E-state index contributed by atoms with van der Waals surface area (Å²) < 4.78 is 65.8. The molecule has 1 amide bonds. The van der Waals surface area contributed by atoms with Crippen molar-refractivity contribution in [2.45, 2.75) is 71.9 Å². The third-order valence-corrected chi connectivity index (χ3v) is 6.20. The number of benzene rings is 1. The van der Waals surface area contributed by atoms with Crippen molar-refractivity contribution in [3.05, 3.63) is 47.8 Å². The first-order valence-electron chi connectivity index (χ1n) is 13.0. The molecule has 13 heteroatoms. The van der Waals surface area contributed by atoms with Gasteiger partial charge < -0.3 is 29.0 Å². The van der Waals surface area contributed by atoms with E-state index in [-0.39, 0.29) is 28.9 Å². The van der Waals surface area contributed by atoms with E-state index in [9.17, 15) is 27.6 Å². The highest BCUT2D eigenvalue weighted by atomic mass is 19.4. The lowest BCUT2D eigenvalue weighted by Gasteiger charge is -2.31. The number of aromatic nitrogens is 1. The predicted octanol–water partition coefficient (Wildman–Crippen LogP) is 4.94. The number of hydrogen-bond donors (Lipinski definition) is 1. The van der Waals surface area contributed by atoms with E-state index in [4.69, 9.17) is 23.7 Å². The lowest BCUT2D eigenvalue weighted by atomic mass is 9.93. The molecule has 0 saturated heterocycles. The van der Waals surface area contributed by atoms with Gasteiger partial charge in [0.2, 0.25) is 6.79 Å². The number of methoxy groups -OCH3 is 1. The normalized spacial score (nSPS) is 13.5. The standard InChI is InChI=1S/C28H35F3N2O8/c1-7-19(8-2)24(41-21-11-9-20(10-12-21)28(29,30)31)17(4)40-27(36)16(3)33-26(35)23-25(39-15-38-18(5)34)22(37-6)13-14-32-23/h9-14,16-17,19,24H,7-8,15H2,1-6H3,(H,33,35)/t16-,17-,24-/m0/s1. The summed E-state index contributed by atoms with van der Waals surface area (Å²) in [6.45, 7) is 7.57. The van der Waals surface area contributed by atoms with E-state index in [1.807, 2.05) is 13.8 Å². The molecule has 2 aromatic rings. The first-order chi connectivity index (χ1) is 19.3. The van der Waals surface area contributed by atoms with Gasteiger partial charge in [0.15, 0.2) is 17.2 Å². The van der Waals surface area contributed by atoms with E-state index < -0.39 is 54.6 Å². The van der Waals surface area contributed by atoms with Crippen molar-refractivity contribution in [3.8, 4) is 17.2 Å². The van der Waals surface area contributed by atoms with Crippen LogP contribution in [0.15, 0.2) is 36.5 Å². The van der Waals surface area contributed by atoms with Crippen LogP contribution in [0.2, 0.25) is 0 Å². The number of pyridine rings is 1. The molecule has 0 spiro atoms. The molecular formula is C28H35F3N2O8. The second kappa shape index (κ2) is 15.1. The molecule has 10 nitrogen and oxygen atoms in total. The number of rotatable bonds is 14. The topological polar surface area (TPSA) is 122 Å². The smallest absolute Gasteiger partial charge is 0.416 e. The van der Waals surface area contributed by atoms with E-state index in [0.717, 1.165) is 12.1 Å². The Morgan fingerprint density at radius 1 is 1.02 bits per heavy atom. The molecule has 226 valence electrons. The number of alkyl halides is 3. The molecule has 3 atom stereocenters. The van der Waals surface area contributed by atoms with Gasteiger partial charge in [0, 0.05) is 19.2 Å². The Morgan fingerprint density at radius 3 is 2.20 bits per heavy atom. The van der Waals surface area contributed by atoms with Crippen molar-refractivity contribution in [1.29, 1.82) is 0 Å². The van der Waals surface area contributed by atoms with E-state index in [0.29, 0.717) is 12.8 Å². The molecule has 0 fully saturated rings. The Bertz CT molecular complexity index is 1170. The van der Waals surface area contributed by atoms with Crippen LogP contribution >= 0.6 is 0 Å². The number of halogens is 3. The maximum absolute atomic E-state index is 13.0. The number of carbonyl (C=O) groups excluding carboxylic acids is 3. The zero-order valence-corrected chi connectivity index (χ0v) is 23.7. The molecule has 1 heterocycles. The highest BCUT2D eigenvalue weighted by Gasteiger charge is 2.33. The van der Waals surface area contributed by atoms with Crippen LogP contribution < -0.4 is 19.5 Å². The summed E-state index contributed by atoms with van der Waals surface area (Å²) in [5.41, 5.74) is -1.02. The Morgan fingerprint density at radius 2 is 1.66 bits per heavy atom. The lowest BCUT2D eigenvalue weighted by Crippen LogP contribution is -2.45. The van der Waals surface area contributed by atoms with Crippen molar-refractivity contribution in [2.24, 2.45) is 5.92 Å². The predicted molar refractivity (Wildman–Crippen MR) is 140 cm³/mol. The van der Waals surface area contributed by atoms with Crippen LogP contribution in [-0.4, -0.2) is 55.0 Å². The second-order valence-corrected chi connectivity index (χ2v) is 9.11. The summed E-state index contributed by atoms with van der Waals surface area (Å²) in [4.78, 5) is 41.0. The van der Waals surface area contributed by atoms with Gasteiger partial charge >= 0.3 is 18.1 Å². The third kappa shape index (κ3) is 9.54. The number of nitrogens with one attached hydrogen (secondary N) is 1. The SMILES string of the molecule is CCC(CC)[C@@H](Oc1ccc(C(F)(F)F)cc1)[C@H](C)OC(=O)[C@H](C)NC(=O)c1nccc(OC)c1OCOC(C)=O. The minimum atomic E-state index is -4.48. The zero-order chi connectivity index (χ0) is 30.7. The minimum absolute atomic E-state index is 0.0806. The van der Waals surface area contributed by atoms with Crippen molar-refractivity contribution in [3.63, 3.8) is 0 Å². The van der Waals surface area contributed by atoms with Crippen LogP contribution in [0, 0.1) is 5.92 Å². The number of amides is 1. The zero-order valence-electron chi connectivity index (χ0n) is 23.7. The van der Waals surface area contributed by atoms with Crippen LogP contribution in [0.25, 0.3) is 0 Å². The molecule has 0 bridgehead atoms. The van der Waals surface area contributed by atoms with Gasteiger partial charge in [-0.15, -0.1) is 0 Å². The molecule has 0 unspecified atom stereocenters. The molecule has 0 aliphatic carbocycles. The van der Waals surface area contributed by atoms with Crippen molar-refractivity contribution >= 4 is 17.8 Å². The van der Waals surface area contributed by atoms with Gasteiger partial charge in [0.1, 0.15) is 24.0 Å². The van der Waals surface area contributed by atoms with Gasteiger partial charge in [-0.3, -0.25) is 9.59 Å². The fourth-order valence-electron chi connectivity index (χ4n) is 3.95. The van der Waals surface area contributed by atoms with Crippen molar-refractivity contribution in [1.82, 2.24) is 10.3 Å². The first-order valence-corrected chi connectivity index (χ1v) is 13.0. The van der Waals surface area contributed by atoms with E-state index in [1.54, 1.807) is 6.92 Å². The number of hydrogen-bond acceptors (Lipinski definition) is 9. The molecule has 1 aromatic carbocycles. The maximum atomic E-state index is 13.0. The van der Waals surface area contributed by atoms with Gasteiger partial charge in [0.25, 0.3) is 5.91 Å². The average molecular weight is 585 g/mol. The number of esters is 2. The van der Waals surface area contributed by atoms with Crippen LogP contribution in [0.3, 0.4) is 0 Å². The molecule has 1 aromatic heterocycles. The molecule has 1 N–H and O–H groups in total. The number of carbonyl (C=O) groups is 3. The largest absolute Gasteiger partial charge is 0.493 e. The summed E-state index contributed by atoms with van der Waals surface area (Å²) in [5.74, 6) is -1.98. The molecule has 0 aliphatic heterocycles. The van der Waals surface area contributed by atoms with Crippen molar-refractivity contribution in [2.75, 3.05) is 13.9 Å². The summed E-state index contributed by atoms with van der Waals surface area (Å²) in [6.07, 6.45) is -3.34. The average Bonchev–Trinajstić information content (AvgIpc) is 2.92. The molecule has 41 heavy (non-hydrogen) atoms. The Balaban J connectivity index is 2.14. The Labute approximate surface area is 236 Å². The fraction of sp³-hybridized carbons (Fsp3) is 0.500. The number of ether oxygens (including phenoxy) is 5. The molecule has 0 saturated carbocycles.